The molecule has 0 aromatic rings. The predicted molar refractivity (Wildman–Crippen MR) is 31.7 cm³/mol. The molecule has 0 radical (unpaired) electrons. The summed E-state index contributed by atoms with van der Waals surface area (Å²) >= 11 is 0. The molecule has 1 aliphatic heterocycles. The third kappa shape index (κ3) is 1.46. The normalized spacial score (nSPS) is 39.8. The van der Waals surface area contributed by atoms with Crippen LogP contribution >= 0.6 is 0 Å². The van der Waals surface area contributed by atoms with E-state index in [1.54, 1.807) is 0 Å². The summed E-state index contributed by atoms with van der Waals surface area (Å²) in [6.07, 6.45) is 0.464. The van der Waals surface area contributed by atoms with Crippen LogP contribution in [0.4, 0.5) is 0 Å². The topological polar surface area (TPSA) is 25.8 Å². The maximum Gasteiger partial charge on any atom is 0.107 e. The second kappa shape index (κ2) is 2.46. The molecule has 1 rings (SSSR count). The van der Waals surface area contributed by atoms with Gasteiger partial charge in [0.1, 0.15) is 18.7 Å². The van der Waals surface area contributed by atoms with Crippen molar-refractivity contribution in [2.75, 3.05) is 13.2 Å². The van der Waals surface area contributed by atoms with E-state index >= 15 is 0 Å². The molecule has 2 N–H and O–H groups in total. The van der Waals surface area contributed by atoms with E-state index in [1.165, 1.54) is 0 Å². The molecule has 48 valence electrons. The van der Waals surface area contributed by atoms with Crippen LogP contribution in [0.5, 0.6) is 0 Å². The molecule has 8 heavy (non-hydrogen) atoms. The predicted octanol–water partition coefficient (Wildman–Crippen LogP) is -0.643. The molecule has 1 heterocycles. The molecule has 0 aromatic heterocycles. The molecule has 1 fully saturated rings. The Kier molecular flexibility index (Phi) is 1.86. The Labute approximate surface area is 50.2 Å². The van der Waals surface area contributed by atoms with Crippen LogP contribution in [0.25, 0.3) is 0 Å². The number of nitrogens with two attached hydrogens (primary N) is 1. The van der Waals surface area contributed by atoms with Gasteiger partial charge in [-0.05, 0) is 13.8 Å². The lowest BCUT2D eigenvalue weighted by Crippen LogP contribution is -2.94. The minimum Gasteiger partial charge on any atom is -0.366 e. The van der Waals surface area contributed by atoms with Crippen molar-refractivity contribution in [2.45, 2.75) is 26.0 Å². The van der Waals surface area contributed by atoms with E-state index in [2.05, 4.69) is 19.2 Å². The zero-order chi connectivity index (χ0) is 5.98. The van der Waals surface area contributed by atoms with E-state index in [4.69, 9.17) is 4.74 Å². The van der Waals surface area contributed by atoms with Crippen molar-refractivity contribution in [2.24, 2.45) is 0 Å². The lowest BCUT2D eigenvalue weighted by Gasteiger charge is -2.21. The minimum atomic E-state index is 0.464. The molecule has 0 spiro atoms. The third-order valence-corrected chi connectivity index (χ3v) is 1.51. The van der Waals surface area contributed by atoms with Crippen molar-refractivity contribution >= 4 is 0 Å². The first-order chi connectivity index (χ1) is 3.79. The van der Waals surface area contributed by atoms with Crippen LogP contribution < -0.4 is 5.32 Å². The maximum absolute atomic E-state index is 5.36. The fraction of sp³-hybridized carbons (Fsp3) is 1.00. The number of quaternary nitrogens is 1. The van der Waals surface area contributed by atoms with Crippen LogP contribution in [0.15, 0.2) is 0 Å². The van der Waals surface area contributed by atoms with Gasteiger partial charge in [0.25, 0.3) is 0 Å². The van der Waals surface area contributed by atoms with E-state index in [-0.39, 0.29) is 0 Å². The Morgan fingerprint density at radius 3 is 2.62 bits per heavy atom. The summed E-state index contributed by atoms with van der Waals surface area (Å²) in [5.41, 5.74) is 0. The van der Waals surface area contributed by atoms with Gasteiger partial charge in [0.15, 0.2) is 0 Å². The first kappa shape index (κ1) is 6.05. The molecule has 1 saturated heterocycles. The standard InChI is InChI=1S/C6H13NO/c1-5-4-8-6(2)3-7-5/h5-7H,3-4H2,1-2H3/p+1/t5-,6+/m1/s1. The summed E-state index contributed by atoms with van der Waals surface area (Å²) in [6, 6.07) is 0.672. The van der Waals surface area contributed by atoms with Gasteiger partial charge < -0.3 is 10.1 Å². The van der Waals surface area contributed by atoms with Gasteiger partial charge in [0, 0.05) is 0 Å². The number of morpholine rings is 1. The van der Waals surface area contributed by atoms with Crippen molar-refractivity contribution in [3.63, 3.8) is 0 Å². The number of hydrogen-bond donors (Lipinski definition) is 1. The SMILES string of the molecule is C[C@@H]1CO[C@@H](C)C[NH2+]1. The monoisotopic (exact) mass is 116 g/mol. The lowest BCUT2D eigenvalue weighted by atomic mass is 10.3. The van der Waals surface area contributed by atoms with Crippen LogP contribution in [0.3, 0.4) is 0 Å². The molecule has 0 aromatic carbocycles. The molecule has 0 unspecified atom stereocenters. The second-order valence-corrected chi connectivity index (χ2v) is 2.59. The zero-order valence-electron chi connectivity index (χ0n) is 5.55. The van der Waals surface area contributed by atoms with Gasteiger partial charge in [-0.15, -0.1) is 0 Å². The molecule has 2 nitrogen and oxygen atoms in total. The van der Waals surface area contributed by atoms with Crippen molar-refractivity contribution < 1.29 is 10.1 Å². The number of ether oxygens (including phenoxy) is 1. The Bertz CT molecular complexity index is 56.9. The van der Waals surface area contributed by atoms with E-state index < -0.39 is 0 Å². The van der Waals surface area contributed by atoms with Crippen LogP contribution in [0.1, 0.15) is 13.8 Å². The summed E-state index contributed by atoms with van der Waals surface area (Å²) in [4.78, 5) is 0. The Hall–Kier alpha value is -0.0800. The van der Waals surface area contributed by atoms with E-state index in [0.29, 0.717) is 12.1 Å². The quantitative estimate of drug-likeness (QED) is 0.447. The van der Waals surface area contributed by atoms with Gasteiger partial charge >= 0.3 is 0 Å². The average Bonchev–Trinajstić information content (AvgIpc) is 1.77. The fourth-order valence-corrected chi connectivity index (χ4v) is 0.876. The molecule has 0 saturated carbocycles. The van der Waals surface area contributed by atoms with E-state index in [9.17, 15) is 0 Å². The smallest absolute Gasteiger partial charge is 0.107 e. The highest BCUT2D eigenvalue weighted by Crippen LogP contribution is 1.91. The summed E-state index contributed by atoms with van der Waals surface area (Å²) in [5, 5.41) is 2.33. The number of hydrogen-bond acceptors (Lipinski definition) is 1. The average molecular weight is 116 g/mol. The molecule has 0 amide bonds. The molecule has 1 aliphatic rings. The zero-order valence-corrected chi connectivity index (χ0v) is 5.55. The fourth-order valence-electron chi connectivity index (χ4n) is 0.876. The van der Waals surface area contributed by atoms with Crippen LogP contribution in [0.2, 0.25) is 0 Å². The van der Waals surface area contributed by atoms with Gasteiger partial charge in [-0.3, -0.25) is 0 Å². The first-order valence-corrected chi connectivity index (χ1v) is 3.24. The van der Waals surface area contributed by atoms with Crippen LogP contribution in [0, 0.1) is 0 Å². The Morgan fingerprint density at radius 2 is 2.25 bits per heavy atom. The van der Waals surface area contributed by atoms with Gasteiger partial charge in [0.05, 0.1) is 6.61 Å². The largest absolute Gasteiger partial charge is 0.366 e. The lowest BCUT2D eigenvalue weighted by molar-refractivity contribution is -0.707. The van der Waals surface area contributed by atoms with Crippen molar-refractivity contribution in [3.05, 3.63) is 0 Å². The van der Waals surface area contributed by atoms with Crippen LogP contribution in [-0.4, -0.2) is 25.3 Å². The minimum absolute atomic E-state index is 0.464. The van der Waals surface area contributed by atoms with E-state index in [1.807, 2.05) is 0 Å². The summed E-state index contributed by atoms with van der Waals surface area (Å²) in [6.45, 7) is 6.34. The van der Waals surface area contributed by atoms with Gasteiger partial charge in [-0.2, -0.15) is 0 Å². The first-order valence-electron chi connectivity index (χ1n) is 3.24. The van der Waals surface area contributed by atoms with E-state index in [0.717, 1.165) is 13.2 Å². The van der Waals surface area contributed by atoms with Gasteiger partial charge in [-0.1, -0.05) is 0 Å². The Balaban J connectivity index is 2.19. The van der Waals surface area contributed by atoms with Crippen LogP contribution in [-0.2, 0) is 4.74 Å². The summed E-state index contributed by atoms with van der Waals surface area (Å²) in [5.74, 6) is 0. The Morgan fingerprint density at radius 1 is 1.50 bits per heavy atom. The van der Waals surface area contributed by atoms with Gasteiger partial charge in [-0.25, -0.2) is 0 Å². The molecule has 0 aliphatic carbocycles. The highest BCUT2D eigenvalue weighted by molar-refractivity contribution is 4.53. The van der Waals surface area contributed by atoms with Crippen molar-refractivity contribution in [3.8, 4) is 0 Å². The van der Waals surface area contributed by atoms with Crippen molar-refractivity contribution in [1.82, 2.24) is 0 Å². The highest BCUT2D eigenvalue weighted by Gasteiger charge is 2.16. The molecule has 0 bridgehead atoms. The maximum atomic E-state index is 5.36. The molecular formula is C6H14NO+. The molecular weight excluding hydrogens is 102 g/mol. The third-order valence-electron chi connectivity index (χ3n) is 1.51. The molecule has 2 atom stereocenters. The van der Waals surface area contributed by atoms with Gasteiger partial charge in [0.2, 0.25) is 0 Å². The van der Waals surface area contributed by atoms with Crippen molar-refractivity contribution in [1.29, 1.82) is 0 Å². The highest BCUT2D eigenvalue weighted by atomic mass is 16.5. The molecule has 2 heteroatoms. The number of rotatable bonds is 0. The summed E-state index contributed by atoms with van der Waals surface area (Å²) < 4.78 is 5.36. The second-order valence-electron chi connectivity index (χ2n) is 2.59. The summed E-state index contributed by atoms with van der Waals surface area (Å²) in [7, 11) is 0.